The van der Waals surface area contributed by atoms with Crippen LogP contribution in [0.25, 0.3) is 0 Å². The van der Waals surface area contributed by atoms with Gasteiger partial charge in [0, 0.05) is 22.5 Å². The molecule has 0 aromatic heterocycles. The lowest BCUT2D eigenvalue weighted by molar-refractivity contribution is 0.452. The fraction of sp³-hybridized carbons (Fsp3) is 0.684. The van der Waals surface area contributed by atoms with Crippen LogP contribution in [0.3, 0.4) is 0 Å². The monoisotopic (exact) mass is 338 g/mol. The molecule has 2 aliphatic rings. The van der Waals surface area contributed by atoms with Crippen molar-refractivity contribution in [3.8, 4) is 0 Å². The summed E-state index contributed by atoms with van der Waals surface area (Å²) < 4.78 is 14.3. The molecule has 0 heterocycles. The van der Waals surface area contributed by atoms with E-state index in [2.05, 4.69) is 24.3 Å². The fourth-order valence-corrected chi connectivity index (χ4v) is 9.06. The summed E-state index contributed by atoms with van der Waals surface area (Å²) in [5.41, 5.74) is 1.97. The predicted octanol–water partition coefficient (Wildman–Crippen LogP) is 6.08. The third-order valence-electron chi connectivity index (χ3n) is 5.70. The molecule has 2 aliphatic carbocycles. The normalized spacial score (nSPS) is 21.9. The fourth-order valence-electron chi connectivity index (χ4n) is 4.51. The molecule has 1 aromatic rings. The Morgan fingerprint density at radius 3 is 1.95 bits per heavy atom. The van der Waals surface area contributed by atoms with Gasteiger partial charge in [0.05, 0.1) is 0 Å². The van der Waals surface area contributed by atoms with Gasteiger partial charge in [-0.2, -0.15) is 0 Å². The lowest BCUT2D eigenvalue weighted by atomic mass is 9.99. The largest absolute Gasteiger partial charge is 0.318 e. The smallest absolute Gasteiger partial charge is 0.121 e. The van der Waals surface area contributed by atoms with Crippen molar-refractivity contribution >= 4 is 24.0 Å². The zero-order chi connectivity index (χ0) is 15.4. The van der Waals surface area contributed by atoms with Crippen molar-refractivity contribution < 1.29 is 4.57 Å². The van der Waals surface area contributed by atoms with Crippen LogP contribution in [0.5, 0.6) is 0 Å². The van der Waals surface area contributed by atoms with Crippen molar-refractivity contribution in [1.82, 2.24) is 0 Å². The van der Waals surface area contributed by atoms with Crippen LogP contribution < -0.4 is 5.30 Å². The summed E-state index contributed by atoms with van der Waals surface area (Å²) in [6, 6.07) is 8.39. The van der Waals surface area contributed by atoms with E-state index in [4.69, 9.17) is 11.6 Å². The van der Waals surface area contributed by atoms with E-state index in [1.165, 1.54) is 64.2 Å². The molecule has 0 bridgehead atoms. The number of benzene rings is 1. The second-order valence-electron chi connectivity index (χ2n) is 7.10. The lowest BCUT2D eigenvalue weighted by Gasteiger charge is -2.38. The van der Waals surface area contributed by atoms with E-state index in [0.29, 0.717) is 17.2 Å². The number of alkyl halides is 1. The second-order valence-corrected chi connectivity index (χ2v) is 10.8. The zero-order valence-electron chi connectivity index (χ0n) is 13.5. The van der Waals surface area contributed by atoms with Gasteiger partial charge >= 0.3 is 0 Å². The van der Waals surface area contributed by atoms with Gasteiger partial charge < -0.3 is 4.57 Å². The molecule has 122 valence electrons. The molecule has 2 saturated carbocycles. The van der Waals surface area contributed by atoms with Gasteiger partial charge in [0.25, 0.3) is 0 Å². The number of hydrogen-bond acceptors (Lipinski definition) is 1. The quantitative estimate of drug-likeness (QED) is 0.480. The van der Waals surface area contributed by atoms with Crippen LogP contribution in [0.15, 0.2) is 24.3 Å². The maximum Gasteiger partial charge on any atom is 0.121 e. The van der Waals surface area contributed by atoms with E-state index in [1.54, 1.807) is 0 Å². The summed E-state index contributed by atoms with van der Waals surface area (Å²) in [4.78, 5) is 0. The molecule has 2 fully saturated rings. The first-order chi connectivity index (χ1) is 10.7. The molecular weight excluding hydrogens is 311 g/mol. The standard InChI is InChI=1S/C19H28ClOP/c20-15-16-8-7-13-19(14-16)22(21,17-9-3-1-4-10-17)18-11-5-2-6-12-18/h7-8,13-14,17-18H,1-6,9-12,15H2. The molecule has 0 amide bonds. The minimum absolute atomic E-state index is 0.426. The van der Waals surface area contributed by atoms with E-state index < -0.39 is 7.14 Å². The van der Waals surface area contributed by atoms with Gasteiger partial charge in [-0.05, 0) is 37.3 Å². The maximum atomic E-state index is 14.3. The van der Waals surface area contributed by atoms with E-state index >= 15 is 0 Å². The highest BCUT2D eigenvalue weighted by Crippen LogP contribution is 2.61. The topological polar surface area (TPSA) is 17.1 Å². The SMILES string of the molecule is O=P(c1cccc(CCl)c1)(C1CCCCC1)C1CCCCC1. The molecule has 3 heteroatoms. The molecule has 0 unspecified atom stereocenters. The Labute approximate surface area is 140 Å². The Kier molecular flexibility index (Phi) is 5.69. The summed E-state index contributed by atoms with van der Waals surface area (Å²) >= 11 is 6.03. The van der Waals surface area contributed by atoms with Gasteiger partial charge in [0.1, 0.15) is 7.14 Å². The van der Waals surface area contributed by atoms with Crippen LogP contribution in [-0.2, 0) is 10.4 Å². The van der Waals surface area contributed by atoms with E-state index in [9.17, 15) is 4.57 Å². The van der Waals surface area contributed by atoms with E-state index in [1.807, 2.05) is 0 Å². The molecule has 1 aromatic carbocycles. The molecule has 0 N–H and O–H groups in total. The Balaban J connectivity index is 1.98. The van der Waals surface area contributed by atoms with Crippen molar-refractivity contribution in [2.75, 3.05) is 0 Å². The minimum atomic E-state index is -2.32. The van der Waals surface area contributed by atoms with Crippen LogP contribution >= 0.6 is 18.7 Å². The van der Waals surface area contributed by atoms with Gasteiger partial charge in [-0.1, -0.05) is 56.7 Å². The van der Waals surface area contributed by atoms with Gasteiger partial charge in [-0.25, -0.2) is 0 Å². The minimum Gasteiger partial charge on any atom is -0.318 e. The Morgan fingerprint density at radius 1 is 0.909 bits per heavy atom. The molecule has 0 radical (unpaired) electrons. The second kappa shape index (κ2) is 7.54. The van der Waals surface area contributed by atoms with Gasteiger partial charge in [0.2, 0.25) is 0 Å². The van der Waals surface area contributed by atoms with Crippen LogP contribution in [0.1, 0.15) is 69.8 Å². The molecule has 22 heavy (non-hydrogen) atoms. The highest BCUT2D eigenvalue weighted by Gasteiger charge is 2.42. The molecule has 0 aliphatic heterocycles. The average molecular weight is 339 g/mol. The van der Waals surface area contributed by atoms with Crippen molar-refractivity contribution in [1.29, 1.82) is 0 Å². The number of rotatable bonds is 4. The molecule has 0 saturated heterocycles. The molecule has 0 atom stereocenters. The van der Waals surface area contributed by atoms with E-state index in [0.717, 1.165) is 10.9 Å². The van der Waals surface area contributed by atoms with Crippen molar-refractivity contribution in [2.24, 2.45) is 0 Å². The van der Waals surface area contributed by atoms with Crippen LogP contribution in [0.2, 0.25) is 0 Å². The Morgan fingerprint density at radius 2 is 1.45 bits per heavy atom. The Bertz CT molecular complexity index is 508. The first-order valence-electron chi connectivity index (χ1n) is 9.00. The van der Waals surface area contributed by atoms with Crippen molar-refractivity contribution in [3.05, 3.63) is 29.8 Å². The molecule has 0 spiro atoms. The molecule has 1 nitrogen and oxygen atoms in total. The first kappa shape index (κ1) is 16.6. The lowest BCUT2D eigenvalue weighted by Crippen LogP contribution is -2.29. The zero-order valence-corrected chi connectivity index (χ0v) is 15.1. The molecule has 3 rings (SSSR count). The summed E-state index contributed by atoms with van der Waals surface area (Å²) in [6.45, 7) is 0. The highest BCUT2D eigenvalue weighted by molar-refractivity contribution is 7.73. The maximum absolute atomic E-state index is 14.3. The van der Waals surface area contributed by atoms with Crippen molar-refractivity contribution in [3.63, 3.8) is 0 Å². The third kappa shape index (κ3) is 3.31. The summed E-state index contributed by atoms with van der Waals surface area (Å²) in [5, 5.41) is 1.13. The van der Waals surface area contributed by atoms with Crippen molar-refractivity contribution in [2.45, 2.75) is 81.4 Å². The van der Waals surface area contributed by atoms with Crippen LogP contribution in [0.4, 0.5) is 0 Å². The highest BCUT2D eigenvalue weighted by atomic mass is 35.5. The molecular formula is C19H28ClOP. The Hall–Kier alpha value is -0.260. The van der Waals surface area contributed by atoms with Crippen LogP contribution in [0, 0.1) is 0 Å². The van der Waals surface area contributed by atoms with Gasteiger partial charge in [-0.3, -0.25) is 0 Å². The van der Waals surface area contributed by atoms with E-state index in [-0.39, 0.29) is 0 Å². The third-order valence-corrected chi connectivity index (χ3v) is 10.3. The summed E-state index contributed by atoms with van der Waals surface area (Å²) in [5.74, 6) is 0.517. The first-order valence-corrected chi connectivity index (χ1v) is 11.4. The predicted molar refractivity (Wildman–Crippen MR) is 97.0 cm³/mol. The summed E-state index contributed by atoms with van der Waals surface area (Å²) in [6.07, 6.45) is 12.3. The van der Waals surface area contributed by atoms with Crippen LogP contribution in [-0.4, -0.2) is 11.3 Å². The average Bonchev–Trinajstić information content (AvgIpc) is 2.62. The summed E-state index contributed by atoms with van der Waals surface area (Å²) in [7, 11) is -2.32. The van der Waals surface area contributed by atoms with Gasteiger partial charge in [0.15, 0.2) is 0 Å². The number of halogens is 1. The van der Waals surface area contributed by atoms with Gasteiger partial charge in [-0.15, -0.1) is 11.6 Å². The number of hydrogen-bond donors (Lipinski definition) is 0.